The van der Waals surface area contributed by atoms with E-state index in [1.165, 1.54) is 6.92 Å². The van der Waals surface area contributed by atoms with Gasteiger partial charge in [-0.15, -0.1) is 0 Å². The molecule has 130 valence electrons. The van der Waals surface area contributed by atoms with E-state index in [1.54, 1.807) is 6.92 Å². The number of Topliss-reactive ketones (excluding diaryl/α,β-unsaturated/α-hetero) is 1. The molecule has 0 bridgehead atoms. The van der Waals surface area contributed by atoms with Gasteiger partial charge < -0.3 is 4.74 Å². The monoisotopic (exact) mass is 360 g/mol. The molecule has 0 N–H and O–H groups in total. The molecule has 9 nitrogen and oxygen atoms in total. The number of ether oxygens (including phenoxy) is 1. The Kier molecular flexibility index (Phi) is 9.41. The van der Waals surface area contributed by atoms with Gasteiger partial charge in [-0.25, -0.2) is 4.79 Å². The highest BCUT2D eigenvalue weighted by molar-refractivity contribution is 7.87. The molecule has 0 spiro atoms. The molecule has 0 aromatic heterocycles. The smallest absolute Gasteiger partial charge is 0.333 e. The first-order chi connectivity index (χ1) is 10.1. The van der Waals surface area contributed by atoms with Crippen molar-refractivity contribution >= 4 is 32.0 Å². The molecule has 0 saturated heterocycles. The zero-order valence-corrected chi connectivity index (χ0v) is 14.1. The lowest BCUT2D eigenvalue weighted by molar-refractivity contribution is -0.145. The average Bonchev–Trinajstić information content (AvgIpc) is 2.40. The lowest BCUT2D eigenvalue weighted by Gasteiger charge is -2.06. The fraction of sp³-hybridized carbons (Fsp3) is 0.818. The summed E-state index contributed by atoms with van der Waals surface area (Å²) in [5, 5.41) is 0. The van der Waals surface area contributed by atoms with Gasteiger partial charge in [-0.05, 0) is 26.7 Å². The first-order valence-electron chi connectivity index (χ1n) is 6.47. The van der Waals surface area contributed by atoms with Crippen LogP contribution >= 0.6 is 0 Å². The molecule has 0 aliphatic heterocycles. The summed E-state index contributed by atoms with van der Waals surface area (Å²) >= 11 is 0. The Bertz CT molecular complexity index is 562. The van der Waals surface area contributed by atoms with E-state index in [9.17, 15) is 26.4 Å². The first kappa shape index (κ1) is 21.0. The molecule has 0 aliphatic carbocycles. The summed E-state index contributed by atoms with van der Waals surface area (Å²) in [4.78, 5) is 21.5. The van der Waals surface area contributed by atoms with Crippen LogP contribution in [-0.2, 0) is 42.9 Å². The van der Waals surface area contributed by atoms with Crippen molar-refractivity contribution in [3.63, 3.8) is 0 Å². The van der Waals surface area contributed by atoms with E-state index in [2.05, 4.69) is 13.1 Å². The summed E-state index contributed by atoms with van der Waals surface area (Å²) in [7, 11) is -7.79. The highest BCUT2D eigenvalue weighted by Gasteiger charge is 2.16. The Morgan fingerprint density at radius 2 is 1.32 bits per heavy atom. The first-order valence-corrected chi connectivity index (χ1v) is 9.62. The molecule has 0 heterocycles. The van der Waals surface area contributed by atoms with Crippen LogP contribution in [0.2, 0.25) is 0 Å². The van der Waals surface area contributed by atoms with Gasteiger partial charge in [0.2, 0.25) is 0 Å². The van der Waals surface area contributed by atoms with Crippen molar-refractivity contribution < 1.29 is 39.5 Å². The van der Waals surface area contributed by atoms with E-state index in [1.807, 2.05) is 0 Å². The van der Waals surface area contributed by atoms with Gasteiger partial charge >= 0.3 is 5.97 Å². The molecule has 0 atom stereocenters. The third kappa shape index (κ3) is 11.6. The van der Waals surface area contributed by atoms with Crippen LogP contribution in [0, 0.1) is 0 Å². The third-order valence-electron chi connectivity index (χ3n) is 2.14. The van der Waals surface area contributed by atoms with E-state index in [4.69, 9.17) is 0 Å². The molecule has 0 aromatic carbocycles. The number of hydrogen-bond donors (Lipinski definition) is 0. The number of ketones is 1. The maximum absolute atomic E-state index is 11.4. The summed E-state index contributed by atoms with van der Waals surface area (Å²) in [5.74, 6) is -2.08. The van der Waals surface area contributed by atoms with Crippen LogP contribution in [0.5, 0.6) is 0 Å². The second kappa shape index (κ2) is 9.87. The summed E-state index contributed by atoms with van der Waals surface area (Å²) < 4.78 is 58.8. The van der Waals surface area contributed by atoms with E-state index < -0.39 is 56.7 Å². The van der Waals surface area contributed by atoms with Gasteiger partial charge in [-0.1, -0.05) is 0 Å². The average molecular weight is 360 g/mol. The third-order valence-corrected chi connectivity index (χ3v) is 4.67. The number of carbonyl (C=O) groups excluding carboxylic acids is 2. The molecule has 22 heavy (non-hydrogen) atoms. The van der Waals surface area contributed by atoms with Crippen LogP contribution in [0.4, 0.5) is 0 Å². The van der Waals surface area contributed by atoms with Crippen LogP contribution < -0.4 is 0 Å². The van der Waals surface area contributed by atoms with Crippen molar-refractivity contribution in [2.45, 2.75) is 26.7 Å². The minimum absolute atomic E-state index is 0.00776. The Labute approximate surface area is 130 Å². The molecule has 0 radical (unpaired) electrons. The van der Waals surface area contributed by atoms with Crippen molar-refractivity contribution in [3.8, 4) is 0 Å². The molecule has 11 heteroatoms. The van der Waals surface area contributed by atoms with Crippen molar-refractivity contribution in [2.24, 2.45) is 0 Å². The molecule has 0 unspecified atom stereocenters. The normalized spacial score (nSPS) is 12.1. The Morgan fingerprint density at radius 1 is 0.864 bits per heavy atom. The highest BCUT2D eigenvalue weighted by atomic mass is 32.2. The lowest BCUT2D eigenvalue weighted by atomic mass is 10.4. The van der Waals surface area contributed by atoms with Crippen LogP contribution in [0.3, 0.4) is 0 Å². The van der Waals surface area contributed by atoms with Crippen LogP contribution in [-0.4, -0.2) is 59.9 Å². The molecular weight excluding hydrogens is 340 g/mol. The zero-order valence-electron chi connectivity index (χ0n) is 12.4. The summed E-state index contributed by atoms with van der Waals surface area (Å²) in [6.07, 6.45) is 0.0239. The quantitative estimate of drug-likeness (QED) is 0.259. The van der Waals surface area contributed by atoms with E-state index in [0.717, 1.165) is 0 Å². The summed E-state index contributed by atoms with van der Waals surface area (Å²) in [6, 6.07) is 0. The number of hydrogen-bond acceptors (Lipinski definition) is 9. The molecule has 0 aromatic rings. The molecule has 0 saturated carbocycles. The minimum atomic E-state index is -3.93. The fourth-order valence-corrected chi connectivity index (χ4v) is 3.16. The van der Waals surface area contributed by atoms with Gasteiger partial charge in [0, 0.05) is 0 Å². The number of carbonyl (C=O) groups is 2. The van der Waals surface area contributed by atoms with Crippen molar-refractivity contribution in [2.75, 3.05) is 31.3 Å². The lowest BCUT2D eigenvalue weighted by Crippen LogP contribution is -2.19. The van der Waals surface area contributed by atoms with Crippen molar-refractivity contribution in [1.29, 1.82) is 0 Å². The topological polar surface area (TPSA) is 130 Å². The van der Waals surface area contributed by atoms with Gasteiger partial charge in [0.25, 0.3) is 20.2 Å². The van der Waals surface area contributed by atoms with Gasteiger partial charge in [-0.3, -0.25) is 13.2 Å². The van der Waals surface area contributed by atoms with Gasteiger partial charge in [0.15, 0.2) is 12.4 Å². The van der Waals surface area contributed by atoms with Gasteiger partial charge in [0.1, 0.15) is 6.61 Å². The Morgan fingerprint density at radius 3 is 1.73 bits per heavy atom. The van der Waals surface area contributed by atoms with Gasteiger partial charge in [-0.2, -0.15) is 16.8 Å². The predicted octanol–water partition coefficient (Wildman–Crippen LogP) is -0.388. The molecular formula is C11H20O9S2. The Balaban J connectivity index is 4.03. The number of rotatable bonds is 12. The van der Waals surface area contributed by atoms with Crippen molar-refractivity contribution in [3.05, 3.63) is 0 Å². The maximum Gasteiger partial charge on any atom is 0.333 e. The highest BCUT2D eigenvalue weighted by Crippen LogP contribution is 2.04. The van der Waals surface area contributed by atoms with E-state index in [-0.39, 0.29) is 19.4 Å². The standard InChI is InChI=1S/C11H20O9S2/c1-3-18-11(13)9-20-22(16,17)7-5-4-6-21(14,15)19-8-10(2)12/h3-9H2,1-2H3. The molecule has 0 fully saturated rings. The molecule has 0 aliphatic rings. The second-order valence-electron chi connectivity index (χ2n) is 4.26. The van der Waals surface area contributed by atoms with Crippen molar-refractivity contribution in [1.82, 2.24) is 0 Å². The van der Waals surface area contributed by atoms with Crippen LogP contribution in [0.25, 0.3) is 0 Å². The largest absolute Gasteiger partial charge is 0.464 e. The summed E-state index contributed by atoms with van der Waals surface area (Å²) in [5.41, 5.74) is 0. The predicted molar refractivity (Wildman–Crippen MR) is 76.0 cm³/mol. The van der Waals surface area contributed by atoms with E-state index >= 15 is 0 Å². The maximum atomic E-state index is 11.4. The van der Waals surface area contributed by atoms with Crippen LogP contribution in [0.15, 0.2) is 0 Å². The van der Waals surface area contributed by atoms with E-state index in [0.29, 0.717) is 0 Å². The molecule has 0 amide bonds. The number of unbranched alkanes of at least 4 members (excludes halogenated alkanes) is 1. The minimum Gasteiger partial charge on any atom is -0.464 e. The SMILES string of the molecule is CCOC(=O)COS(=O)(=O)CCCCS(=O)(=O)OCC(C)=O. The van der Waals surface area contributed by atoms with Crippen LogP contribution in [0.1, 0.15) is 26.7 Å². The fourth-order valence-electron chi connectivity index (χ4n) is 1.19. The second-order valence-corrected chi connectivity index (χ2v) is 7.78. The summed E-state index contributed by atoms with van der Waals surface area (Å²) in [6.45, 7) is 1.61. The molecule has 0 rings (SSSR count). The number of esters is 1. The van der Waals surface area contributed by atoms with Gasteiger partial charge in [0.05, 0.1) is 18.1 Å². The zero-order chi connectivity index (χ0) is 17.2. The Hall–Kier alpha value is -1.04.